The van der Waals surface area contributed by atoms with E-state index >= 15 is 0 Å². The number of halogens is 3. The first kappa shape index (κ1) is 18.9. The van der Waals surface area contributed by atoms with Crippen LogP contribution >= 0.6 is 0 Å². The first-order valence-corrected chi connectivity index (χ1v) is 8.43. The highest BCUT2D eigenvalue weighted by Gasteiger charge is 2.33. The summed E-state index contributed by atoms with van der Waals surface area (Å²) in [6, 6.07) is 4.56. The lowest BCUT2D eigenvalue weighted by atomic mass is 9.82. The van der Waals surface area contributed by atoms with Crippen molar-refractivity contribution >= 4 is 11.5 Å². The first-order chi connectivity index (χ1) is 12.9. The van der Waals surface area contributed by atoms with E-state index in [1.54, 1.807) is 6.07 Å². The van der Waals surface area contributed by atoms with E-state index in [1.165, 1.54) is 12.4 Å². The van der Waals surface area contributed by atoms with Gasteiger partial charge in [0, 0.05) is 43.3 Å². The molecule has 0 radical (unpaired) electrons. The number of nitrogens with zero attached hydrogens (tertiary/aromatic N) is 3. The maximum Gasteiger partial charge on any atom is 0.416 e. The van der Waals surface area contributed by atoms with E-state index in [0.717, 1.165) is 12.3 Å². The standard InChI is InChI=1S/C18H18F3N5O/c19-18(20,21)15-1-2-23-8-13(15)10-26-17-5-16(12(6-22)9-25-17)24-7-11-3-14(27)4-11/h1-2,5,8-9,11,14,27H,3-4,7,10H2,(H2,24,25,26). The molecule has 1 saturated carbocycles. The van der Waals surface area contributed by atoms with Crippen LogP contribution < -0.4 is 10.6 Å². The Morgan fingerprint density at radius 1 is 1.26 bits per heavy atom. The Morgan fingerprint density at radius 2 is 2.04 bits per heavy atom. The zero-order chi connectivity index (χ0) is 19.4. The zero-order valence-corrected chi connectivity index (χ0v) is 14.3. The Morgan fingerprint density at radius 3 is 2.70 bits per heavy atom. The van der Waals surface area contributed by atoms with Crippen molar-refractivity contribution in [2.24, 2.45) is 5.92 Å². The molecule has 6 nitrogen and oxygen atoms in total. The molecule has 0 bridgehead atoms. The van der Waals surface area contributed by atoms with E-state index in [4.69, 9.17) is 0 Å². The first-order valence-electron chi connectivity index (χ1n) is 8.43. The number of aliphatic hydroxyl groups is 1. The van der Waals surface area contributed by atoms with Crippen LogP contribution in [-0.4, -0.2) is 27.7 Å². The van der Waals surface area contributed by atoms with Crippen LogP contribution in [0.4, 0.5) is 24.7 Å². The Labute approximate surface area is 154 Å². The average molecular weight is 377 g/mol. The summed E-state index contributed by atoms with van der Waals surface area (Å²) in [5, 5.41) is 24.5. The molecule has 1 aliphatic rings. The lowest BCUT2D eigenvalue weighted by molar-refractivity contribution is -0.138. The third-order valence-electron chi connectivity index (χ3n) is 4.49. The molecule has 0 spiro atoms. The monoisotopic (exact) mass is 377 g/mol. The van der Waals surface area contributed by atoms with Gasteiger partial charge in [-0.15, -0.1) is 0 Å². The van der Waals surface area contributed by atoms with Crippen molar-refractivity contribution in [2.75, 3.05) is 17.2 Å². The molecule has 9 heteroatoms. The summed E-state index contributed by atoms with van der Waals surface area (Å²) < 4.78 is 39.1. The van der Waals surface area contributed by atoms with Gasteiger partial charge in [-0.05, 0) is 24.8 Å². The van der Waals surface area contributed by atoms with Crippen LogP contribution in [-0.2, 0) is 12.7 Å². The van der Waals surface area contributed by atoms with Gasteiger partial charge in [0.05, 0.1) is 22.9 Å². The highest BCUT2D eigenvalue weighted by Crippen LogP contribution is 2.32. The van der Waals surface area contributed by atoms with Gasteiger partial charge in [0.15, 0.2) is 0 Å². The predicted octanol–water partition coefficient (Wildman–Crippen LogP) is 3.16. The SMILES string of the molecule is N#Cc1cnc(NCc2cnccc2C(F)(F)F)cc1NCC1CC(O)C1. The van der Waals surface area contributed by atoms with Gasteiger partial charge in [-0.3, -0.25) is 4.98 Å². The molecule has 0 amide bonds. The number of aromatic nitrogens is 2. The largest absolute Gasteiger partial charge is 0.416 e. The van der Waals surface area contributed by atoms with Gasteiger partial charge in [-0.1, -0.05) is 0 Å². The number of nitrogens with one attached hydrogen (secondary N) is 2. The molecule has 142 valence electrons. The van der Waals surface area contributed by atoms with Crippen molar-refractivity contribution in [1.29, 1.82) is 5.26 Å². The highest BCUT2D eigenvalue weighted by atomic mass is 19.4. The van der Waals surface area contributed by atoms with Crippen LogP contribution in [0.15, 0.2) is 30.7 Å². The highest BCUT2D eigenvalue weighted by molar-refractivity contribution is 5.61. The Kier molecular flexibility index (Phi) is 5.46. The summed E-state index contributed by atoms with van der Waals surface area (Å²) in [7, 11) is 0. The van der Waals surface area contributed by atoms with Gasteiger partial charge in [0.25, 0.3) is 0 Å². The number of rotatable bonds is 6. The topological polar surface area (TPSA) is 93.9 Å². The second kappa shape index (κ2) is 7.80. The summed E-state index contributed by atoms with van der Waals surface area (Å²) in [6.07, 6.45) is 0.348. The lowest BCUT2D eigenvalue weighted by Gasteiger charge is -2.31. The smallest absolute Gasteiger partial charge is 0.393 e. The fourth-order valence-corrected chi connectivity index (χ4v) is 2.94. The van der Waals surface area contributed by atoms with Crippen LogP contribution in [0, 0.1) is 17.2 Å². The summed E-state index contributed by atoms with van der Waals surface area (Å²) >= 11 is 0. The van der Waals surface area contributed by atoms with Gasteiger partial charge in [0.2, 0.25) is 0 Å². The molecule has 27 heavy (non-hydrogen) atoms. The summed E-state index contributed by atoms with van der Waals surface area (Å²) in [6.45, 7) is 0.506. The van der Waals surface area contributed by atoms with Crippen molar-refractivity contribution in [3.63, 3.8) is 0 Å². The fraction of sp³-hybridized carbons (Fsp3) is 0.389. The molecule has 3 rings (SSSR count). The Hall–Kier alpha value is -2.86. The van der Waals surface area contributed by atoms with Gasteiger partial charge in [-0.25, -0.2) is 4.98 Å². The molecular weight excluding hydrogens is 359 g/mol. The van der Waals surface area contributed by atoms with Crippen LogP contribution in [0.2, 0.25) is 0 Å². The number of aliphatic hydroxyl groups excluding tert-OH is 1. The van der Waals surface area contributed by atoms with Gasteiger partial charge >= 0.3 is 6.18 Å². The maximum absolute atomic E-state index is 13.0. The maximum atomic E-state index is 13.0. The van der Waals surface area contributed by atoms with E-state index in [2.05, 4.69) is 20.6 Å². The molecule has 2 aromatic heterocycles. The van der Waals surface area contributed by atoms with Crippen LogP contribution in [0.25, 0.3) is 0 Å². The second-order valence-corrected chi connectivity index (χ2v) is 6.48. The molecule has 2 aromatic rings. The minimum Gasteiger partial charge on any atom is -0.393 e. The number of alkyl halides is 3. The third kappa shape index (κ3) is 4.65. The van der Waals surface area contributed by atoms with Crippen LogP contribution in [0.1, 0.15) is 29.5 Å². The molecule has 0 aliphatic heterocycles. The van der Waals surface area contributed by atoms with Gasteiger partial charge in [0.1, 0.15) is 11.9 Å². The Balaban J connectivity index is 1.69. The van der Waals surface area contributed by atoms with Gasteiger partial charge < -0.3 is 15.7 Å². The third-order valence-corrected chi connectivity index (χ3v) is 4.49. The average Bonchev–Trinajstić information content (AvgIpc) is 2.62. The van der Waals surface area contributed by atoms with E-state index in [1.807, 2.05) is 6.07 Å². The quantitative estimate of drug-likeness (QED) is 0.716. The summed E-state index contributed by atoms with van der Waals surface area (Å²) in [5.41, 5.74) is 0.158. The molecule has 0 unspecified atom stereocenters. The minimum absolute atomic E-state index is 0.00845. The number of hydrogen-bond donors (Lipinski definition) is 3. The van der Waals surface area contributed by atoms with Crippen molar-refractivity contribution in [3.8, 4) is 6.07 Å². The molecule has 1 aliphatic carbocycles. The molecular formula is C18H18F3N5O. The summed E-state index contributed by atoms with van der Waals surface area (Å²) in [4.78, 5) is 7.83. The number of anilines is 2. The van der Waals surface area contributed by atoms with Crippen molar-refractivity contribution in [1.82, 2.24) is 9.97 Å². The second-order valence-electron chi connectivity index (χ2n) is 6.48. The van der Waals surface area contributed by atoms with Crippen molar-refractivity contribution in [2.45, 2.75) is 31.7 Å². The van der Waals surface area contributed by atoms with Crippen LogP contribution in [0.5, 0.6) is 0 Å². The molecule has 0 atom stereocenters. The molecule has 3 N–H and O–H groups in total. The van der Waals surface area contributed by atoms with E-state index in [-0.39, 0.29) is 18.2 Å². The predicted molar refractivity (Wildman–Crippen MR) is 92.7 cm³/mol. The Bertz CT molecular complexity index is 844. The van der Waals surface area contributed by atoms with Crippen molar-refractivity contribution in [3.05, 3.63) is 47.4 Å². The van der Waals surface area contributed by atoms with E-state index in [9.17, 15) is 23.5 Å². The molecule has 1 fully saturated rings. The van der Waals surface area contributed by atoms with Gasteiger partial charge in [-0.2, -0.15) is 18.4 Å². The lowest BCUT2D eigenvalue weighted by Crippen LogP contribution is -2.33. The normalized spacial score (nSPS) is 19.1. The number of hydrogen-bond acceptors (Lipinski definition) is 6. The molecule has 0 aromatic carbocycles. The zero-order valence-electron chi connectivity index (χ0n) is 14.3. The summed E-state index contributed by atoms with van der Waals surface area (Å²) in [5.74, 6) is 0.683. The fourth-order valence-electron chi connectivity index (χ4n) is 2.94. The number of nitriles is 1. The molecule has 2 heterocycles. The van der Waals surface area contributed by atoms with E-state index in [0.29, 0.717) is 42.4 Å². The minimum atomic E-state index is -4.46. The van der Waals surface area contributed by atoms with Crippen LogP contribution in [0.3, 0.4) is 0 Å². The van der Waals surface area contributed by atoms with E-state index < -0.39 is 11.7 Å². The molecule has 0 saturated heterocycles. The van der Waals surface area contributed by atoms with Crippen molar-refractivity contribution < 1.29 is 18.3 Å². The number of pyridine rings is 2.